The average molecular weight is 388 g/mol. The Labute approximate surface area is 159 Å². The van der Waals surface area contributed by atoms with Crippen LogP contribution in [0.25, 0.3) is 0 Å². The Morgan fingerprint density at radius 1 is 1.33 bits per heavy atom. The van der Waals surface area contributed by atoms with Crippen molar-refractivity contribution < 1.29 is 4.79 Å². The zero-order valence-electron chi connectivity index (χ0n) is 13.6. The minimum absolute atomic E-state index is 0. The standard InChI is InChI=1S/C17H21N3OS.2ClH/c1-18-14-8-5-9-20(11-14)17(21)15-12-22-16(19-15)10-13-6-3-2-4-7-13;;/h2-4,6-7,12,14,18H,5,8-11H2,1H3;2*1H. The van der Waals surface area contributed by atoms with Crippen LogP contribution < -0.4 is 5.32 Å². The van der Waals surface area contributed by atoms with Gasteiger partial charge in [0.05, 0.1) is 5.01 Å². The summed E-state index contributed by atoms with van der Waals surface area (Å²) in [5, 5.41) is 6.16. The van der Waals surface area contributed by atoms with E-state index in [-0.39, 0.29) is 30.7 Å². The molecule has 1 aliphatic heterocycles. The molecule has 24 heavy (non-hydrogen) atoms. The van der Waals surface area contributed by atoms with Gasteiger partial charge in [0.1, 0.15) is 5.69 Å². The molecule has 0 aliphatic carbocycles. The van der Waals surface area contributed by atoms with E-state index in [1.54, 1.807) is 11.3 Å². The fourth-order valence-electron chi connectivity index (χ4n) is 2.82. The lowest BCUT2D eigenvalue weighted by Crippen LogP contribution is -2.47. The second kappa shape index (κ2) is 9.99. The molecule has 2 heterocycles. The van der Waals surface area contributed by atoms with Crippen LogP contribution in [0, 0.1) is 0 Å². The third-order valence-electron chi connectivity index (χ3n) is 4.09. The van der Waals surface area contributed by atoms with E-state index in [1.807, 2.05) is 35.5 Å². The maximum atomic E-state index is 12.6. The van der Waals surface area contributed by atoms with E-state index in [9.17, 15) is 4.79 Å². The van der Waals surface area contributed by atoms with Gasteiger partial charge in [-0.1, -0.05) is 30.3 Å². The Kier molecular flexibility index (Phi) is 8.70. The summed E-state index contributed by atoms with van der Waals surface area (Å²) in [6, 6.07) is 10.6. The molecule has 132 valence electrons. The molecule has 2 aromatic rings. The molecule has 7 heteroatoms. The lowest BCUT2D eigenvalue weighted by Gasteiger charge is -2.32. The van der Waals surface area contributed by atoms with Gasteiger partial charge in [-0.25, -0.2) is 4.98 Å². The number of nitrogens with zero attached hydrogens (tertiary/aromatic N) is 2. The monoisotopic (exact) mass is 387 g/mol. The van der Waals surface area contributed by atoms with Crippen molar-refractivity contribution in [1.29, 1.82) is 0 Å². The van der Waals surface area contributed by atoms with Crippen LogP contribution in [0.2, 0.25) is 0 Å². The predicted molar refractivity (Wildman–Crippen MR) is 104 cm³/mol. The van der Waals surface area contributed by atoms with Crippen LogP contribution in [0.15, 0.2) is 35.7 Å². The number of halogens is 2. The van der Waals surface area contributed by atoms with Crippen molar-refractivity contribution in [3.05, 3.63) is 52.0 Å². The second-order valence-electron chi connectivity index (χ2n) is 5.67. The van der Waals surface area contributed by atoms with Crippen molar-refractivity contribution in [2.75, 3.05) is 20.1 Å². The van der Waals surface area contributed by atoms with E-state index in [2.05, 4.69) is 22.4 Å². The summed E-state index contributed by atoms with van der Waals surface area (Å²) in [6.07, 6.45) is 2.98. The number of rotatable bonds is 4. The summed E-state index contributed by atoms with van der Waals surface area (Å²) in [4.78, 5) is 19.0. The van der Waals surface area contributed by atoms with Gasteiger partial charge in [0, 0.05) is 30.9 Å². The van der Waals surface area contributed by atoms with E-state index in [0.29, 0.717) is 11.7 Å². The van der Waals surface area contributed by atoms with Gasteiger partial charge in [-0.2, -0.15) is 0 Å². The molecular formula is C17H23Cl2N3OS. The number of carbonyl (C=O) groups excluding carboxylic acids is 1. The first-order valence-corrected chi connectivity index (χ1v) is 8.59. The molecule has 1 fully saturated rings. The molecule has 1 aromatic heterocycles. The van der Waals surface area contributed by atoms with Crippen molar-refractivity contribution in [3.63, 3.8) is 0 Å². The summed E-state index contributed by atoms with van der Waals surface area (Å²) in [6.45, 7) is 1.61. The Balaban J connectivity index is 0.00000144. The number of carbonyl (C=O) groups is 1. The average Bonchev–Trinajstić information content (AvgIpc) is 3.03. The number of thiazole rings is 1. The third-order valence-corrected chi connectivity index (χ3v) is 4.93. The number of hydrogen-bond acceptors (Lipinski definition) is 4. The molecule has 3 rings (SSSR count). The number of likely N-dealkylation sites (tertiary alicyclic amines) is 1. The topological polar surface area (TPSA) is 45.2 Å². The molecule has 0 saturated carbocycles. The molecule has 1 amide bonds. The highest BCUT2D eigenvalue weighted by molar-refractivity contribution is 7.09. The van der Waals surface area contributed by atoms with E-state index in [4.69, 9.17) is 0 Å². The van der Waals surface area contributed by atoms with Crippen LogP contribution in [0.1, 0.15) is 33.9 Å². The van der Waals surface area contributed by atoms with Gasteiger partial charge in [0.2, 0.25) is 0 Å². The van der Waals surface area contributed by atoms with Crippen LogP contribution >= 0.6 is 36.2 Å². The van der Waals surface area contributed by atoms with Crippen molar-refractivity contribution in [1.82, 2.24) is 15.2 Å². The summed E-state index contributed by atoms with van der Waals surface area (Å²) >= 11 is 1.57. The van der Waals surface area contributed by atoms with Crippen LogP contribution in [-0.4, -0.2) is 42.0 Å². The van der Waals surface area contributed by atoms with E-state index >= 15 is 0 Å². The van der Waals surface area contributed by atoms with Gasteiger partial charge < -0.3 is 10.2 Å². The zero-order valence-corrected chi connectivity index (χ0v) is 16.1. The maximum absolute atomic E-state index is 12.6. The fourth-order valence-corrected chi connectivity index (χ4v) is 3.62. The minimum Gasteiger partial charge on any atom is -0.336 e. The van der Waals surface area contributed by atoms with Crippen molar-refractivity contribution >= 4 is 42.1 Å². The van der Waals surface area contributed by atoms with Crippen molar-refractivity contribution in [3.8, 4) is 0 Å². The van der Waals surface area contributed by atoms with Gasteiger partial charge in [-0.3, -0.25) is 4.79 Å². The molecule has 1 saturated heterocycles. The normalized spacial score (nSPS) is 16.9. The van der Waals surface area contributed by atoms with Gasteiger partial charge in [-0.05, 0) is 25.5 Å². The molecule has 1 aliphatic rings. The minimum atomic E-state index is 0. The molecule has 0 bridgehead atoms. The molecular weight excluding hydrogens is 365 g/mol. The summed E-state index contributed by atoms with van der Waals surface area (Å²) in [5.74, 6) is 0.0653. The number of benzene rings is 1. The van der Waals surface area contributed by atoms with Gasteiger partial charge in [0.15, 0.2) is 0 Å². The molecule has 1 aromatic carbocycles. The van der Waals surface area contributed by atoms with E-state index < -0.39 is 0 Å². The van der Waals surface area contributed by atoms with Crippen LogP contribution in [-0.2, 0) is 6.42 Å². The lowest BCUT2D eigenvalue weighted by molar-refractivity contribution is 0.0693. The van der Waals surface area contributed by atoms with E-state index in [0.717, 1.165) is 37.4 Å². The summed E-state index contributed by atoms with van der Waals surface area (Å²) < 4.78 is 0. The largest absolute Gasteiger partial charge is 0.336 e. The number of likely N-dealkylation sites (N-methyl/N-ethyl adjacent to an activating group) is 1. The van der Waals surface area contributed by atoms with Crippen LogP contribution in [0.5, 0.6) is 0 Å². The van der Waals surface area contributed by atoms with Crippen molar-refractivity contribution in [2.24, 2.45) is 0 Å². The Hall–Kier alpha value is -1.14. The highest BCUT2D eigenvalue weighted by Gasteiger charge is 2.24. The molecule has 0 spiro atoms. The summed E-state index contributed by atoms with van der Waals surface area (Å²) in [5.41, 5.74) is 1.82. The lowest BCUT2D eigenvalue weighted by atomic mass is 10.1. The maximum Gasteiger partial charge on any atom is 0.273 e. The number of aromatic nitrogens is 1. The molecule has 0 radical (unpaired) electrons. The highest BCUT2D eigenvalue weighted by Crippen LogP contribution is 2.18. The Bertz CT molecular complexity index is 636. The zero-order chi connectivity index (χ0) is 15.4. The SMILES string of the molecule is CNC1CCCN(C(=O)c2csc(Cc3ccccc3)n2)C1.Cl.Cl. The smallest absolute Gasteiger partial charge is 0.273 e. The van der Waals surface area contributed by atoms with E-state index in [1.165, 1.54) is 5.56 Å². The quantitative estimate of drug-likeness (QED) is 0.873. The third kappa shape index (κ3) is 5.18. The molecule has 1 unspecified atom stereocenters. The van der Waals surface area contributed by atoms with Crippen LogP contribution in [0.4, 0.5) is 0 Å². The first-order chi connectivity index (χ1) is 10.8. The predicted octanol–water partition coefficient (Wildman–Crippen LogP) is 3.40. The molecule has 1 N–H and O–H groups in total. The molecule has 1 atom stereocenters. The number of piperidine rings is 1. The first-order valence-electron chi connectivity index (χ1n) is 7.71. The highest BCUT2D eigenvalue weighted by atomic mass is 35.5. The van der Waals surface area contributed by atoms with Gasteiger partial charge in [-0.15, -0.1) is 36.2 Å². The Morgan fingerprint density at radius 3 is 2.79 bits per heavy atom. The number of amides is 1. The first kappa shape index (κ1) is 20.9. The summed E-state index contributed by atoms with van der Waals surface area (Å²) in [7, 11) is 1.96. The number of hydrogen-bond donors (Lipinski definition) is 1. The van der Waals surface area contributed by atoms with Gasteiger partial charge >= 0.3 is 0 Å². The van der Waals surface area contributed by atoms with Crippen LogP contribution in [0.3, 0.4) is 0 Å². The van der Waals surface area contributed by atoms with Crippen molar-refractivity contribution in [2.45, 2.75) is 25.3 Å². The Morgan fingerprint density at radius 2 is 2.08 bits per heavy atom. The molecule has 4 nitrogen and oxygen atoms in total. The second-order valence-corrected chi connectivity index (χ2v) is 6.61. The van der Waals surface area contributed by atoms with Gasteiger partial charge in [0.25, 0.3) is 5.91 Å². The number of nitrogens with one attached hydrogen (secondary N) is 1. The fraction of sp³-hybridized carbons (Fsp3) is 0.412.